The summed E-state index contributed by atoms with van der Waals surface area (Å²) >= 11 is 0. The number of nitrogens with zero attached hydrogens (tertiary/aromatic N) is 3. The van der Waals surface area contributed by atoms with Crippen LogP contribution >= 0.6 is 0 Å². The van der Waals surface area contributed by atoms with Crippen molar-refractivity contribution in [1.82, 2.24) is 20.0 Å². The molecule has 0 bridgehead atoms. The molecular formula is C15H32N4. The maximum Gasteiger partial charge on any atom is 0.0112 e. The van der Waals surface area contributed by atoms with E-state index in [9.17, 15) is 0 Å². The van der Waals surface area contributed by atoms with E-state index >= 15 is 0 Å². The van der Waals surface area contributed by atoms with Crippen LogP contribution < -0.4 is 5.32 Å². The molecule has 0 aromatic heterocycles. The van der Waals surface area contributed by atoms with Crippen LogP contribution in [-0.4, -0.2) is 87.2 Å². The molecule has 2 saturated heterocycles. The van der Waals surface area contributed by atoms with E-state index in [0.29, 0.717) is 0 Å². The standard InChI is InChI=1S/C15H32N4/c1-16-7-6-15-5-3-4-8-19(15)14-13-18-11-9-17(2)10-12-18/h15-16H,3-14H2,1-2H3. The Kier molecular flexibility index (Phi) is 6.57. The molecule has 0 aromatic carbocycles. The van der Waals surface area contributed by atoms with Gasteiger partial charge in [0.15, 0.2) is 0 Å². The van der Waals surface area contributed by atoms with Crippen molar-refractivity contribution in [2.75, 3.05) is 66.5 Å². The summed E-state index contributed by atoms with van der Waals surface area (Å²) in [5, 5.41) is 3.30. The Bertz CT molecular complexity index is 238. The summed E-state index contributed by atoms with van der Waals surface area (Å²) in [5.74, 6) is 0. The first-order valence-corrected chi connectivity index (χ1v) is 8.09. The molecule has 0 amide bonds. The molecule has 1 unspecified atom stereocenters. The van der Waals surface area contributed by atoms with Gasteiger partial charge in [-0.1, -0.05) is 6.42 Å². The van der Waals surface area contributed by atoms with Gasteiger partial charge in [-0.25, -0.2) is 0 Å². The molecule has 4 heteroatoms. The average molecular weight is 268 g/mol. The summed E-state index contributed by atoms with van der Waals surface area (Å²) in [6, 6.07) is 0.827. The van der Waals surface area contributed by atoms with Crippen LogP contribution in [0.1, 0.15) is 25.7 Å². The normalized spacial score (nSPS) is 27.8. The average Bonchev–Trinajstić information content (AvgIpc) is 2.45. The van der Waals surface area contributed by atoms with Gasteiger partial charge in [-0.15, -0.1) is 0 Å². The molecule has 4 nitrogen and oxygen atoms in total. The van der Waals surface area contributed by atoms with Crippen molar-refractivity contribution < 1.29 is 0 Å². The number of rotatable bonds is 6. The molecule has 2 fully saturated rings. The molecule has 1 atom stereocenters. The number of likely N-dealkylation sites (tertiary alicyclic amines) is 1. The van der Waals surface area contributed by atoms with Crippen LogP contribution in [0.3, 0.4) is 0 Å². The summed E-state index contributed by atoms with van der Waals surface area (Å²) in [7, 11) is 4.30. The molecule has 112 valence electrons. The smallest absolute Gasteiger partial charge is 0.0112 e. The Hall–Kier alpha value is -0.160. The van der Waals surface area contributed by atoms with Crippen LogP contribution in [-0.2, 0) is 0 Å². The first-order valence-electron chi connectivity index (χ1n) is 8.09. The van der Waals surface area contributed by atoms with Gasteiger partial charge in [0.05, 0.1) is 0 Å². The molecule has 1 N–H and O–H groups in total. The van der Waals surface area contributed by atoms with Crippen LogP contribution in [0.5, 0.6) is 0 Å². The molecule has 19 heavy (non-hydrogen) atoms. The number of hydrogen-bond donors (Lipinski definition) is 1. The summed E-state index contributed by atoms with van der Waals surface area (Å²) < 4.78 is 0. The fourth-order valence-electron chi connectivity index (χ4n) is 3.33. The topological polar surface area (TPSA) is 21.8 Å². The zero-order valence-electron chi connectivity index (χ0n) is 12.9. The minimum absolute atomic E-state index is 0.827. The first-order chi connectivity index (χ1) is 9.29. The van der Waals surface area contributed by atoms with Crippen LogP contribution in [0, 0.1) is 0 Å². The molecule has 0 aromatic rings. The minimum atomic E-state index is 0.827. The highest BCUT2D eigenvalue weighted by atomic mass is 15.3. The van der Waals surface area contributed by atoms with Crippen LogP contribution in [0.2, 0.25) is 0 Å². The third-order valence-corrected chi connectivity index (χ3v) is 4.78. The number of likely N-dealkylation sites (N-methyl/N-ethyl adjacent to an activating group) is 1. The van der Waals surface area contributed by atoms with Gasteiger partial charge in [-0.2, -0.15) is 0 Å². The van der Waals surface area contributed by atoms with Gasteiger partial charge in [0.1, 0.15) is 0 Å². The number of piperidine rings is 1. The Morgan fingerprint density at radius 3 is 2.53 bits per heavy atom. The molecule has 2 aliphatic heterocycles. The summed E-state index contributed by atoms with van der Waals surface area (Å²) in [4.78, 5) is 7.83. The third kappa shape index (κ3) is 5.03. The van der Waals surface area contributed by atoms with Crippen molar-refractivity contribution >= 4 is 0 Å². The van der Waals surface area contributed by atoms with Crippen LogP contribution in [0.15, 0.2) is 0 Å². The molecule has 2 heterocycles. The SMILES string of the molecule is CNCCC1CCCCN1CCN1CCN(C)CC1. The van der Waals surface area contributed by atoms with E-state index in [1.807, 2.05) is 0 Å². The van der Waals surface area contributed by atoms with Gasteiger partial charge in [0.25, 0.3) is 0 Å². The van der Waals surface area contributed by atoms with Crippen molar-refractivity contribution in [2.45, 2.75) is 31.7 Å². The number of hydrogen-bond acceptors (Lipinski definition) is 4. The molecule has 2 aliphatic rings. The Morgan fingerprint density at radius 2 is 1.79 bits per heavy atom. The van der Waals surface area contributed by atoms with Crippen molar-refractivity contribution in [1.29, 1.82) is 0 Å². The lowest BCUT2D eigenvalue weighted by Gasteiger charge is -2.38. The number of nitrogens with one attached hydrogen (secondary N) is 1. The van der Waals surface area contributed by atoms with E-state index in [2.05, 4.69) is 34.1 Å². The van der Waals surface area contributed by atoms with Gasteiger partial charge < -0.3 is 10.2 Å². The quantitative estimate of drug-likeness (QED) is 0.765. The Balaban J connectivity index is 1.70. The highest BCUT2D eigenvalue weighted by molar-refractivity contribution is 4.79. The van der Waals surface area contributed by atoms with Crippen molar-refractivity contribution in [3.8, 4) is 0 Å². The monoisotopic (exact) mass is 268 g/mol. The van der Waals surface area contributed by atoms with Crippen molar-refractivity contribution in [2.24, 2.45) is 0 Å². The van der Waals surface area contributed by atoms with E-state index in [0.717, 1.165) is 12.6 Å². The summed E-state index contributed by atoms with van der Waals surface area (Å²) in [5.41, 5.74) is 0. The molecule has 0 aliphatic carbocycles. The second-order valence-corrected chi connectivity index (χ2v) is 6.22. The molecule has 0 spiro atoms. The molecule has 2 rings (SSSR count). The fraction of sp³-hybridized carbons (Fsp3) is 1.00. The summed E-state index contributed by atoms with van der Waals surface area (Å²) in [6.45, 7) is 10.0. The molecular weight excluding hydrogens is 236 g/mol. The number of piperazine rings is 1. The fourth-order valence-corrected chi connectivity index (χ4v) is 3.33. The van der Waals surface area contributed by atoms with Gasteiger partial charge in [0, 0.05) is 45.3 Å². The molecule has 0 radical (unpaired) electrons. The van der Waals surface area contributed by atoms with Gasteiger partial charge in [-0.3, -0.25) is 9.80 Å². The van der Waals surface area contributed by atoms with Gasteiger partial charge in [-0.05, 0) is 46.4 Å². The van der Waals surface area contributed by atoms with E-state index in [1.54, 1.807) is 0 Å². The molecule has 0 saturated carbocycles. The van der Waals surface area contributed by atoms with Gasteiger partial charge >= 0.3 is 0 Å². The van der Waals surface area contributed by atoms with Crippen molar-refractivity contribution in [3.63, 3.8) is 0 Å². The predicted octanol–water partition coefficient (Wildman–Crippen LogP) is 0.698. The lowest BCUT2D eigenvalue weighted by atomic mass is 9.99. The van der Waals surface area contributed by atoms with E-state index in [-0.39, 0.29) is 0 Å². The lowest BCUT2D eigenvalue weighted by molar-refractivity contribution is 0.0984. The van der Waals surface area contributed by atoms with Crippen LogP contribution in [0.4, 0.5) is 0 Å². The van der Waals surface area contributed by atoms with Crippen LogP contribution in [0.25, 0.3) is 0 Å². The van der Waals surface area contributed by atoms with E-state index < -0.39 is 0 Å². The Labute approximate surface area is 119 Å². The predicted molar refractivity (Wildman–Crippen MR) is 81.7 cm³/mol. The lowest BCUT2D eigenvalue weighted by Crippen LogP contribution is -2.49. The second kappa shape index (κ2) is 8.20. The summed E-state index contributed by atoms with van der Waals surface area (Å²) in [6.07, 6.45) is 5.56. The zero-order valence-corrected chi connectivity index (χ0v) is 12.9. The third-order valence-electron chi connectivity index (χ3n) is 4.78. The minimum Gasteiger partial charge on any atom is -0.320 e. The highest BCUT2D eigenvalue weighted by Gasteiger charge is 2.22. The largest absolute Gasteiger partial charge is 0.320 e. The highest BCUT2D eigenvalue weighted by Crippen LogP contribution is 2.19. The first kappa shape index (κ1) is 15.2. The van der Waals surface area contributed by atoms with E-state index in [1.165, 1.54) is 71.5 Å². The second-order valence-electron chi connectivity index (χ2n) is 6.22. The van der Waals surface area contributed by atoms with Crippen molar-refractivity contribution in [3.05, 3.63) is 0 Å². The Morgan fingerprint density at radius 1 is 1.00 bits per heavy atom. The van der Waals surface area contributed by atoms with E-state index in [4.69, 9.17) is 0 Å². The van der Waals surface area contributed by atoms with Gasteiger partial charge in [0.2, 0.25) is 0 Å². The maximum absolute atomic E-state index is 3.30. The zero-order chi connectivity index (χ0) is 13.5. The maximum atomic E-state index is 3.30.